The number of hydrogen-bond donors (Lipinski definition) is 1. The molecule has 1 N–H and O–H groups in total. The summed E-state index contributed by atoms with van der Waals surface area (Å²) < 4.78 is 11.2. The van der Waals surface area contributed by atoms with E-state index in [0.29, 0.717) is 23.9 Å². The Kier molecular flexibility index (Phi) is 6.92. The first-order valence-corrected chi connectivity index (χ1v) is 9.07. The van der Waals surface area contributed by atoms with Gasteiger partial charge in [-0.15, -0.1) is 0 Å². The first-order valence-electron chi connectivity index (χ1n) is 8.69. The van der Waals surface area contributed by atoms with Gasteiger partial charge >= 0.3 is 0 Å². The minimum absolute atomic E-state index is 0.117. The number of nitrogens with one attached hydrogen (secondary N) is 1. The number of carbonyl (C=O) groups is 1. The second-order valence-electron chi connectivity index (χ2n) is 7.13. The third kappa shape index (κ3) is 6.26. The van der Waals surface area contributed by atoms with E-state index < -0.39 is 6.10 Å². The minimum atomic E-state index is -0.612. The van der Waals surface area contributed by atoms with E-state index in [4.69, 9.17) is 21.1 Å². The lowest BCUT2D eigenvalue weighted by molar-refractivity contribution is -0.127. The van der Waals surface area contributed by atoms with Gasteiger partial charge in [-0.1, -0.05) is 50.6 Å². The molecule has 0 aliphatic rings. The maximum absolute atomic E-state index is 12.1. The third-order valence-electron chi connectivity index (χ3n) is 3.87. The number of halogens is 1. The van der Waals surface area contributed by atoms with Crippen molar-refractivity contribution in [3.63, 3.8) is 0 Å². The number of hydrogen-bond acceptors (Lipinski definition) is 3. The maximum atomic E-state index is 12.1. The van der Waals surface area contributed by atoms with Crippen molar-refractivity contribution >= 4 is 17.5 Å². The van der Waals surface area contributed by atoms with Crippen LogP contribution in [0.25, 0.3) is 0 Å². The predicted octanol–water partition coefficient (Wildman–Crippen LogP) is 4.60. The summed E-state index contributed by atoms with van der Waals surface area (Å²) >= 11 is 5.91. The number of rotatable bonds is 7. The average molecular weight is 376 g/mol. The Morgan fingerprint density at radius 1 is 1.12 bits per heavy atom. The molecule has 0 unspecified atom stereocenters. The van der Waals surface area contributed by atoms with Crippen molar-refractivity contribution < 1.29 is 14.3 Å². The summed E-state index contributed by atoms with van der Waals surface area (Å²) in [6.45, 7) is 9.01. The van der Waals surface area contributed by atoms with Crippen molar-refractivity contribution in [2.75, 3.05) is 13.2 Å². The van der Waals surface area contributed by atoms with Gasteiger partial charge in [0.15, 0.2) is 6.10 Å². The molecular weight excluding hydrogens is 350 g/mol. The van der Waals surface area contributed by atoms with Crippen LogP contribution < -0.4 is 14.8 Å². The zero-order valence-electron chi connectivity index (χ0n) is 15.7. The van der Waals surface area contributed by atoms with E-state index in [0.717, 1.165) is 5.75 Å². The van der Waals surface area contributed by atoms with Gasteiger partial charge in [0, 0.05) is 5.02 Å². The molecule has 1 atom stereocenters. The fourth-order valence-corrected chi connectivity index (χ4v) is 2.52. The highest BCUT2D eigenvalue weighted by Gasteiger charge is 2.15. The largest absolute Gasteiger partial charge is 0.492 e. The van der Waals surface area contributed by atoms with Gasteiger partial charge in [-0.2, -0.15) is 0 Å². The molecule has 2 aromatic carbocycles. The molecule has 0 aliphatic heterocycles. The third-order valence-corrected chi connectivity index (χ3v) is 4.10. The lowest BCUT2D eigenvalue weighted by Gasteiger charge is -2.19. The Morgan fingerprint density at radius 2 is 1.81 bits per heavy atom. The van der Waals surface area contributed by atoms with Gasteiger partial charge < -0.3 is 14.8 Å². The average Bonchev–Trinajstić information content (AvgIpc) is 2.58. The first kappa shape index (κ1) is 20.1. The summed E-state index contributed by atoms with van der Waals surface area (Å²) in [6.07, 6.45) is -0.612. The number of carbonyl (C=O) groups excluding carboxylic acids is 1. The van der Waals surface area contributed by atoms with E-state index in [1.54, 1.807) is 31.2 Å². The van der Waals surface area contributed by atoms with Crippen molar-refractivity contribution in [2.24, 2.45) is 0 Å². The molecule has 4 nitrogen and oxygen atoms in total. The molecule has 0 heterocycles. The molecule has 0 saturated carbocycles. The quantitative estimate of drug-likeness (QED) is 0.719. The van der Waals surface area contributed by atoms with Gasteiger partial charge in [-0.3, -0.25) is 4.79 Å². The fourth-order valence-electron chi connectivity index (χ4n) is 2.34. The molecule has 5 heteroatoms. The van der Waals surface area contributed by atoms with Crippen molar-refractivity contribution in [1.82, 2.24) is 5.32 Å². The van der Waals surface area contributed by atoms with Crippen LogP contribution in [0.4, 0.5) is 0 Å². The topological polar surface area (TPSA) is 47.6 Å². The van der Waals surface area contributed by atoms with Crippen LogP contribution in [0.15, 0.2) is 48.5 Å². The van der Waals surface area contributed by atoms with Crippen LogP contribution in [0.2, 0.25) is 5.02 Å². The van der Waals surface area contributed by atoms with Gasteiger partial charge in [-0.25, -0.2) is 0 Å². The van der Waals surface area contributed by atoms with Gasteiger partial charge in [-0.05, 0) is 48.2 Å². The van der Waals surface area contributed by atoms with Gasteiger partial charge in [0.05, 0.1) is 6.54 Å². The van der Waals surface area contributed by atoms with E-state index in [-0.39, 0.29) is 11.3 Å². The maximum Gasteiger partial charge on any atom is 0.260 e. The van der Waals surface area contributed by atoms with Crippen LogP contribution in [0, 0.1) is 0 Å². The molecule has 0 aliphatic carbocycles. The number of benzene rings is 2. The zero-order valence-corrected chi connectivity index (χ0v) is 16.5. The molecule has 2 aromatic rings. The van der Waals surface area contributed by atoms with E-state index in [1.165, 1.54) is 5.56 Å². The monoisotopic (exact) mass is 375 g/mol. The second kappa shape index (κ2) is 8.95. The van der Waals surface area contributed by atoms with E-state index in [1.807, 2.05) is 12.1 Å². The predicted molar refractivity (Wildman–Crippen MR) is 105 cm³/mol. The van der Waals surface area contributed by atoms with Crippen molar-refractivity contribution in [2.45, 2.75) is 39.2 Å². The van der Waals surface area contributed by atoms with Crippen LogP contribution >= 0.6 is 11.6 Å². The highest BCUT2D eigenvalue weighted by molar-refractivity contribution is 6.30. The Balaban J connectivity index is 1.72. The molecule has 26 heavy (non-hydrogen) atoms. The molecule has 1 amide bonds. The van der Waals surface area contributed by atoms with Crippen LogP contribution in [-0.2, 0) is 10.2 Å². The minimum Gasteiger partial charge on any atom is -0.492 e. The molecule has 0 bridgehead atoms. The van der Waals surface area contributed by atoms with Gasteiger partial charge in [0.1, 0.15) is 18.1 Å². The van der Waals surface area contributed by atoms with Crippen LogP contribution in [0.3, 0.4) is 0 Å². The molecule has 140 valence electrons. The number of ether oxygens (including phenoxy) is 2. The highest BCUT2D eigenvalue weighted by atomic mass is 35.5. The van der Waals surface area contributed by atoms with E-state index in [2.05, 4.69) is 38.2 Å². The van der Waals surface area contributed by atoms with Crippen LogP contribution in [0.1, 0.15) is 33.3 Å². The van der Waals surface area contributed by atoms with Crippen LogP contribution in [0.5, 0.6) is 11.5 Å². The van der Waals surface area contributed by atoms with E-state index in [9.17, 15) is 4.79 Å². The molecular formula is C21H26ClNO3. The Hall–Kier alpha value is -2.20. The van der Waals surface area contributed by atoms with E-state index >= 15 is 0 Å². The normalized spacial score (nSPS) is 12.3. The summed E-state index contributed by atoms with van der Waals surface area (Å²) in [5.74, 6) is 1.16. The fraction of sp³-hybridized carbons (Fsp3) is 0.381. The first-order chi connectivity index (χ1) is 12.3. The standard InChI is InChI=1S/C21H26ClNO3/c1-15(26-19-7-5-6-17(22)14-19)20(24)23-12-13-25-18-10-8-16(9-11-18)21(2,3)4/h5-11,14-15H,12-13H2,1-4H3,(H,23,24)/t15-/m0/s1. The lowest BCUT2D eigenvalue weighted by atomic mass is 9.87. The molecule has 0 radical (unpaired) electrons. The van der Waals surface area contributed by atoms with Crippen molar-refractivity contribution in [3.8, 4) is 11.5 Å². The summed E-state index contributed by atoms with van der Waals surface area (Å²) in [6, 6.07) is 15.0. The van der Waals surface area contributed by atoms with Crippen molar-refractivity contribution in [1.29, 1.82) is 0 Å². The smallest absolute Gasteiger partial charge is 0.260 e. The summed E-state index contributed by atoms with van der Waals surface area (Å²) in [5.41, 5.74) is 1.37. The SMILES string of the molecule is C[C@H](Oc1cccc(Cl)c1)C(=O)NCCOc1ccc(C(C)(C)C)cc1. The molecule has 0 saturated heterocycles. The summed E-state index contributed by atoms with van der Waals surface area (Å²) in [4.78, 5) is 12.1. The van der Waals surface area contributed by atoms with Gasteiger partial charge in [0.2, 0.25) is 0 Å². The molecule has 0 fully saturated rings. The zero-order chi connectivity index (χ0) is 19.2. The lowest BCUT2D eigenvalue weighted by Crippen LogP contribution is -2.38. The summed E-state index contributed by atoms with van der Waals surface area (Å²) in [7, 11) is 0. The molecule has 0 aromatic heterocycles. The Morgan fingerprint density at radius 3 is 2.42 bits per heavy atom. The number of amides is 1. The molecule has 2 rings (SSSR count). The molecule has 0 spiro atoms. The second-order valence-corrected chi connectivity index (χ2v) is 7.57. The highest BCUT2D eigenvalue weighted by Crippen LogP contribution is 2.24. The van der Waals surface area contributed by atoms with Crippen LogP contribution in [-0.4, -0.2) is 25.2 Å². The summed E-state index contributed by atoms with van der Waals surface area (Å²) in [5, 5.41) is 3.37. The van der Waals surface area contributed by atoms with Crippen molar-refractivity contribution in [3.05, 3.63) is 59.1 Å². The van der Waals surface area contributed by atoms with Gasteiger partial charge in [0.25, 0.3) is 5.91 Å². The Labute approximate surface area is 160 Å². The Bertz CT molecular complexity index is 723.